The molecule has 0 bridgehead atoms. The Morgan fingerprint density at radius 3 is 2.47 bits per heavy atom. The second-order valence-corrected chi connectivity index (χ2v) is 8.22. The topological polar surface area (TPSA) is 110 Å². The molecule has 3 aromatic rings. The van der Waals surface area contributed by atoms with Crippen molar-refractivity contribution in [2.24, 2.45) is 0 Å². The van der Waals surface area contributed by atoms with Gasteiger partial charge in [-0.2, -0.15) is 0 Å². The molecule has 0 radical (unpaired) electrons. The largest absolute Gasteiger partial charge is 0.493 e. The van der Waals surface area contributed by atoms with Crippen LogP contribution in [0.15, 0.2) is 54.7 Å². The van der Waals surface area contributed by atoms with Gasteiger partial charge >= 0.3 is 0 Å². The van der Waals surface area contributed by atoms with E-state index in [9.17, 15) is 14.4 Å². The first-order valence-electron chi connectivity index (χ1n) is 11.3. The van der Waals surface area contributed by atoms with Crippen LogP contribution in [0.25, 0.3) is 0 Å². The van der Waals surface area contributed by atoms with E-state index >= 15 is 0 Å². The van der Waals surface area contributed by atoms with Crippen LogP contribution in [0.3, 0.4) is 0 Å². The summed E-state index contributed by atoms with van der Waals surface area (Å²) in [7, 11) is 4.48. The van der Waals surface area contributed by atoms with Crippen LogP contribution in [0, 0.1) is 0 Å². The number of para-hydroxylation sites is 1. The van der Waals surface area contributed by atoms with Gasteiger partial charge in [0.25, 0.3) is 11.8 Å². The van der Waals surface area contributed by atoms with Crippen LogP contribution in [0.4, 0.5) is 11.4 Å². The van der Waals surface area contributed by atoms with Crippen LogP contribution in [0.1, 0.15) is 38.9 Å². The smallest absolute Gasteiger partial charge is 0.264 e. The number of hydrogen-bond acceptors (Lipinski definition) is 7. The van der Waals surface area contributed by atoms with Crippen LogP contribution in [-0.4, -0.2) is 55.5 Å². The summed E-state index contributed by atoms with van der Waals surface area (Å²) in [6.07, 6.45) is 0.790. The van der Waals surface area contributed by atoms with Crippen molar-refractivity contribution in [3.63, 3.8) is 0 Å². The Kier molecular flexibility index (Phi) is 5.93. The quantitative estimate of drug-likeness (QED) is 0.544. The lowest BCUT2D eigenvalue weighted by Gasteiger charge is -2.40. The maximum atomic E-state index is 13.7. The lowest BCUT2D eigenvalue weighted by molar-refractivity contribution is -0.116. The molecule has 0 spiro atoms. The second kappa shape index (κ2) is 9.21. The summed E-state index contributed by atoms with van der Waals surface area (Å²) in [6, 6.07) is 13.7. The van der Waals surface area contributed by atoms with Gasteiger partial charge in [-0.3, -0.25) is 19.3 Å². The average Bonchev–Trinajstić information content (AvgIpc) is 3.20. The number of benzene rings is 2. The van der Waals surface area contributed by atoms with Crippen molar-refractivity contribution < 1.29 is 28.6 Å². The molecule has 0 unspecified atom stereocenters. The molecule has 0 aliphatic carbocycles. The van der Waals surface area contributed by atoms with E-state index < -0.39 is 6.17 Å². The molecule has 2 aliphatic heterocycles. The van der Waals surface area contributed by atoms with Gasteiger partial charge in [-0.15, -0.1) is 0 Å². The third kappa shape index (κ3) is 3.67. The fourth-order valence-electron chi connectivity index (χ4n) is 4.67. The molecule has 1 atom stereocenters. The van der Waals surface area contributed by atoms with Crippen LogP contribution in [0.5, 0.6) is 17.4 Å². The number of amides is 3. The Labute approximate surface area is 207 Å². The SMILES string of the molecule is COc1ccc(NC(=O)CCN2C(=O)c3ccccc3N3C(=O)c4c(ccc(OC)c4OC)[C@@H]23)cn1. The minimum Gasteiger partial charge on any atom is -0.493 e. The minimum absolute atomic E-state index is 0.0150. The Balaban J connectivity index is 1.47. The molecule has 1 N–H and O–H groups in total. The number of aromatic nitrogens is 1. The van der Waals surface area contributed by atoms with Gasteiger partial charge in [0.05, 0.1) is 50.0 Å². The van der Waals surface area contributed by atoms with Crippen LogP contribution >= 0.6 is 0 Å². The van der Waals surface area contributed by atoms with Gasteiger partial charge in [-0.25, -0.2) is 4.98 Å². The molecule has 5 rings (SSSR count). The van der Waals surface area contributed by atoms with Crippen molar-refractivity contribution in [3.8, 4) is 17.4 Å². The van der Waals surface area contributed by atoms with Gasteiger partial charge in [-0.1, -0.05) is 18.2 Å². The highest BCUT2D eigenvalue weighted by Crippen LogP contribution is 2.49. The summed E-state index contributed by atoms with van der Waals surface area (Å²) < 4.78 is 16.0. The summed E-state index contributed by atoms with van der Waals surface area (Å²) >= 11 is 0. The molecule has 0 saturated carbocycles. The average molecular weight is 489 g/mol. The van der Waals surface area contributed by atoms with Gasteiger partial charge in [0.15, 0.2) is 11.5 Å². The number of ether oxygens (including phenoxy) is 3. The monoisotopic (exact) mass is 488 g/mol. The molecule has 10 heteroatoms. The fourth-order valence-corrected chi connectivity index (χ4v) is 4.67. The van der Waals surface area contributed by atoms with Crippen LogP contribution < -0.4 is 24.4 Å². The summed E-state index contributed by atoms with van der Waals surface area (Å²) in [6.45, 7) is 0.0881. The first kappa shape index (κ1) is 23.2. The first-order valence-corrected chi connectivity index (χ1v) is 11.3. The van der Waals surface area contributed by atoms with E-state index in [-0.39, 0.29) is 30.7 Å². The van der Waals surface area contributed by atoms with E-state index in [0.717, 1.165) is 0 Å². The van der Waals surface area contributed by atoms with Gasteiger partial charge in [0, 0.05) is 24.6 Å². The Bertz CT molecular complexity index is 1360. The van der Waals surface area contributed by atoms with E-state index in [1.807, 2.05) is 0 Å². The Morgan fingerprint density at radius 2 is 1.78 bits per heavy atom. The molecule has 2 aromatic carbocycles. The zero-order chi connectivity index (χ0) is 25.4. The van der Waals surface area contributed by atoms with Gasteiger partial charge < -0.3 is 24.4 Å². The molecular formula is C26H24N4O6. The molecule has 0 fully saturated rings. The van der Waals surface area contributed by atoms with Gasteiger partial charge in [-0.05, 0) is 24.3 Å². The number of nitrogens with zero attached hydrogens (tertiary/aromatic N) is 3. The predicted octanol–water partition coefficient (Wildman–Crippen LogP) is 3.25. The number of carbonyl (C=O) groups is 3. The predicted molar refractivity (Wildman–Crippen MR) is 131 cm³/mol. The van der Waals surface area contributed by atoms with Crippen LogP contribution in [-0.2, 0) is 4.79 Å². The third-order valence-corrected chi connectivity index (χ3v) is 6.29. The molecule has 2 aliphatic rings. The number of fused-ring (bicyclic) bond motifs is 5. The van der Waals surface area contributed by atoms with E-state index in [2.05, 4.69) is 10.3 Å². The molecule has 0 saturated heterocycles. The lowest BCUT2D eigenvalue weighted by atomic mass is 10.0. The van der Waals surface area contributed by atoms with Crippen molar-refractivity contribution in [1.29, 1.82) is 0 Å². The maximum absolute atomic E-state index is 13.7. The maximum Gasteiger partial charge on any atom is 0.264 e. The van der Waals surface area contributed by atoms with E-state index in [1.54, 1.807) is 58.3 Å². The number of methoxy groups -OCH3 is 3. The zero-order valence-electron chi connectivity index (χ0n) is 20.0. The summed E-state index contributed by atoms with van der Waals surface area (Å²) in [5.41, 5.74) is 2.36. The standard InChI is InChI=1S/C26H24N4O6/c1-34-19-10-9-17-22(23(19)36-3)26(33)30-18-7-5-4-6-16(18)25(32)29(24(17)30)13-12-20(31)28-15-8-11-21(35-2)27-14-15/h4-11,14,24H,12-13H2,1-3H3,(H,28,31)/t24-/m0/s1. The van der Waals surface area contributed by atoms with E-state index in [1.165, 1.54) is 27.5 Å². The minimum atomic E-state index is -0.717. The number of rotatable bonds is 7. The normalized spacial score (nSPS) is 15.7. The number of carbonyl (C=O) groups excluding carboxylic acids is 3. The Morgan fingerprint density at radius 1 is 0.972 bits per heavy atom. The van der Waals surface area contributed by atoms with Crippen molar-refractivity contribution in [3.05, 3.63) is 71.4 Å². The van der Waals surface area contributed by atoms with Gasteiger partial charge in [0.2, 0.25) is 11.8 Å². The Hall–Kier alpha value is -4.60. The second-order valence-electron chi connectivity index (χ2n) is 8.22. The summed E-state index contributed by atoms with van der Waals surface area (Å²) in [5.74, 6) is 0.303. The van der Waals surface area contributed by atoms with Gasteiger partial charge in [0.1, 0.15) is 6.17 Å². The molecule has 1 aromatic heterocycles. The molecule has 184 valence electrons. The van der Waals surface area contributed by atoms with Crippen LogP contribution in [0.2, 0.25) is 0 Å². The molecular weight excluding hydrogens is 464 g/mol. The first-order chi connectivity index (χ1) is 17.5. The molecule has 10 nitrogen and oxygen atoms in total. The number of hydrogen-bond donors (Lipinski definition) is 1. The zero-order valence-corrected chi connectivity index (χ0v) is 20.0. The van der Waals surface area contributed by atoms with Crippen molar-refractivity contribution >= 4 is 29.1 Å². The number of anilines is 2. The highest BCUT2D eigenvalue weighted by Gasteiger charge is 2.49. The lowest BCUT2D eigenvalue weighted by Crippen LogP contribution is -2.49. The summed E-state index contributed by atoms with van der Waals surface area (Å²) in [4.78, 5) is 47.2. The highest BCUT2D eigenvalue weighted by atomic mass is 16.5. The van der Waals surface area contributed by atoms with Crippen molar-refractivity contribution in [1.82, 2.24) is 9.88 Å². The van der Waals surface area contributed by atoms with Crippen molar-refractivity contribution in [2.45, 2.75) is 12.6 Å². The molecule has 3 heterocycles. The van der Waals surface area contributed by atoms with Crippen molar-refractivity contribution in [2.75, 3.05) is 38.1 Å². The third-order valence-electron chi connectivity index (χ3n) is 6.29. The fraction of sp³-hybridized carbons (Fsp3) is 0.231. The number of pyridine rings is 1. The molecule has 36 heavy (non-hydrogen) atoms. The number of nitrogens with one attached hydrogen (secondary N) is 1. The van der Waals surface area contributed by atoms with E-state index in [0.29, 0.717) is 45.4 Å². The summed E-state index contributed by atoms with van der Waals surface area (Å²) in [5, 5.41) is 2.78. The molecule has 3 amide bonds. The van der Waals surface area contributed by atoms with E-state index in [4.69, 9.17) is 14.2 Å². The highest BCUT2D eigenvalue weighted by molar-refractivity contribution is 6.18.